The van der Waals surface area contributed by atoms with E-state index in [1.807, 2.05) is 0 Å². The van der Waals surface area contributed by atoms with Crippen molar-refractivity contribution in [1.82, 2.24) is 4.98 Å². The molecule has 1 amide bonds. The molecular weight excluding hydrogens is 351 g/mol. The van der Waals surface area contributed by atoms with E-state index < -0.39 is 31.2 Å². The largest absolute Gasteiger partial charge is 0.467 e. The number of anilines is 1. The number of nitrogens with zero attached hydrogens (tertiary/aromatic N) is 1. The molecule has 10 heteroatoms. The van der Waals surface area contributed by atoms with Crippen LogP contribution in [0.4, 0.5) is 27.6 Å². The zero-order valence-corrected chi connectivity index (χ0v) is 12.4. The summed E-state index contributed by atoms with van der Waals surface area (Å²) in [6, 6.07) is 7.58. The lowest BCUT2D eigenvalue weighted by atomic mass is 10.2. The van der Waals surface area contributed by atoms with Crippen molar-refractivity contribution in [3.63, 3.8) is 0 Å². The average molecular weight is 362 g/mol. The first-order chi connectivity index (χ1) is 11.7. The first-order valence-electron chi connectivity index (χ1n) is 6.75. The second-order valence-corrected chi connectivity index (χ2v) is 4.62. The predicted molar refractivity (Wildman–Crippen MR) is 76.8 cm³/mol. The number of benzene rings is 1. The summed E-state index contributed by atoms with van der Waals surface area (Å²) < 4.78 is 69.5. The Kier molecular flexibility index (Phi) is 5.73. The van der Waals surface area contributed by atoms with Crippen LogP contribution < -0.4 is 14.8 Å². The molecule has 2 aromatic rings. The van der Waals surface area contributed by atoms with Crippen molar-refractivity contribution in [2.24, 2.45) is 0 Å². The summed E-state index contributed by atoms with van der Waals surface area (Å²) in [6.07, 6.45) is -3.40. The van der Waals surface area contributed by atoms with Crippen LogP contribution in [0.5, 0.6) is 11.6 Å². The summed E-state index contributed by atoms with van der Waals surface area (Å²) >= 11 is 0. The number of alkyl halides is 5. The Hall–Kier alpha value is -2.91. The first kappa shape index (κ1) is 18.4. The van der Waals surface area contributed by atoms with Crippen molar-refractivity contribution < 1.29 is 36.2 Å². The van der Waals surface area contributed by atoms with Gasteiger partial charge in [0.15, 0.2) is 6.61 Å². The Bertz CT molecular complexity index is 720. The highest BCUT2D eigenvalue weighted by atomic mass is 19.4. The number of amides is 1. The fourth-order valence-corrected chi connectivity index (χ4v) is 1.75. The minimum absolute atomic E-state index is 0.108. The third-order valence-corrected chi connectivity index (χ3v) is 2.73. The molecule has 0 atom stereocenters. The quantitative estimate of drug-likeness (QED) is 0.793. The van der Waals surface area contributed by atoms with Crippen LogP contribution in [0.15, 0.2) is 42.6 Å². The highest BCUT2D eigenvalue weighted by Crippen LogP contribution is 2.22. The lowest BCUT2D eigenvalue weighted by Gasteiger charge is -2.12. The van der Waals surface area contributed by atoms with Gasteiger partial charge in [0.1, 0.15) is 11.3 Å². The molecular formula is C15H11F5N2O3. The summed E-state index contributed by atoms with van der Waals surface area (Å²) in [7, 11) is 0. The molecule has 0 bridgehead atoms. The van der Waals surface area contributed by atoms with Crippen LogP contribution in [0.3, 0.4) is 0 Å². The minimum Gasteiger partial charge on any atom is -0.467 e. The number of ether oxygens (including phenoxy) is 2. The fourth-order valence-electron chi connectivity index (χ4n) is 1.75. The van der Waals surface area contributed by atoms with Gasteiger partial charge >= 0.3 is 12.8 Å². The summed E-state index contributed by atoms with van der Waals surface area (Å²) in [5.41, 5.74) is 0.0110. The maximum atomic E-state index is 12.2. The lowest BCUT2D eigenvalue weighted by molar-refractivity contribution is -0.154. The van der Waals surface area contributed by atoms with Gasteiger partial charge in [-0.05, 0) is 36.4 Å². The molecule has 1 aromatic carbocycles. The topological polar surface area (TPSA) is 60.5 Å². The molecule has 0 aliphatic heterocycles. The number of hydrogen-bond acceptors (Lipinski definition) is 4. The van der Waals surface area contributed by atoms with Crippen molar-refractivity contribution >= 4 is 11.6 Å². The monoisotopic (exact) mass is 362 g/mol. The zero-order chi connectivity index (χ0) is 18.4. The maximum absolute atomic E-state index is 12.2. The maximum Gasteiger partial charge on any atom is 0.422 e. The van der Waals surface area contributed by atoms with Crippen molar-refractivity contribution in [2.75, 3.05) is 11.9 Å². The van der Waals surface area contributed by atoms with Crippen LogP contribution in [0.1, 0.15) is 10.4 Å². The van der Waals surface area contributed by atoms with Gasteiger partial charge in [-0.2, -0.15) is 22.0 Å². The molecule has 25 heavy (non-hydrogen) atoms. The molecule has 134 valence electrons. The van der Waals surface area contributed by atoms with E-state index >= 15 is 0 Å². The number of halogens is 5. The van der Waals surface area contributed by atoms with E-state index in [1.165, 1.54) is 42.6 Å². The number of rotatable bonds is 6. The van der Waals surface area contributed by atoms with Gasteiger partial charge in [-0.25, -0.2) is 4.98 Å². The van der Waals surface area contributed by atoms with Crippen LogP contribution in [0.2, 0.25) is 0 Å². The minimum atomic E-state index is -4.58. The van der Waals surface area contributed by atoms with Crippen LogP contribution in [-0.2, 0) is 0 Å². The summed E-state index contributed by atoms with van der Waals surface area (Å²) in [4.78, 5) is 15.8. The number of hydrogen-bond donors (Lipinski definition) is 1. The Morgan fingerprint density at radius 2 is 1.84 bits per heavy atom. The van der Waals surface area contributed by atoms with Gasteiger partial charge in [-0.1, -0.05) is 0 Å². The summed E-state index contributed by atoms with van der Waals surface area (Å²) in [6.45, 7) is -4.58. The summed E-state index contributed by atoms with van der Waals surface area (Å²) in [5.74, 6) is -1.36. The van der Waals surface area contributed by atoms with E-state index in [1.54, 1.807) is 0 Å². The molecule has 0 fully saturated rings. The molecule has 0 saturated carbocycles. The fraction of sp³-hybridized carbons (Fsp3) is 0.200. The van der Waals surface area contributed by atoms with E-state index in [-0.39, 0.29) is 17.0 Å². The SMILES string of the molecule is O=C(Nc1ccc(OC(F)F)cc1)c1cccnc1OCC(F)(F)F. The average Bonchev–Trinajstić information content (AvgIpc) is 2.54. The Balaban J connectivity index is 2.08. The van der Waals surface area contributed by atoms with Crippen molar-refractivity contribution in [2.45, 2.75) is 12.8 Å². The summed E-state index contributed by atoms with van der Waals surface area (Å²) in [5, 5.41) is 2.39. The molecule has 0 spiro atoms. The molecule has 0 radical (unpaired) electrons. The van der Waals surface area contributed by atoms with Gasteiger partial charge in [0.05, 0.1) is 0 Å². The van der Waals surface area contributed by atoms with Gasteiger partial charge < -0.3 is 14.8 Å². The number of pyridine rings is 1. The van der Waals surface area contributed by atoms with Gasteiger partial charge in [0, 0.05) is 11.9 Å². The number of carbonyl (C=O) groups is 1. The molecule has 2 rings (SSSR count). The molecule has 0 unspecified atom stereocenters. The van der Waals surface area contributed by atoms with Crippen LogP contribution >= 0.6 is 0 Å². The zero-order valence-electron chi connectivity index (χ0n) is 12.4. The number of carbonyl (C=O) groups excluding carboxylic acids is 1. The second kappa shape index (κ2) is 7.77. The van der Waals surface area contributed by atoms with E-state index in [2.05, 4.69) is 19.8 Å². The highest BCUT2D eigenvalue weighted by molar-refractivity contribution is 6.05. The molecule has 5 nitrogen and oxygen atoms in total. The van der Waals surface area contributed by atoms with E-state index in [0.29, 0.717) is 0 Å². The predicted octanol–water partition coefficient (Wildman–Crippen LogP) is 3.88. The second-order valence-electron chi connectivity index (χ2n) is 4.62. The standard InChI is InChI=1S/C15H11F5N2O3/c16-14(17)25-10-5-3-9(4-6-10)22-12(23)11-2-1-7-21-13(11)24-8-15(18,19)20/h1-7,14H,8H2,(H,22,23). The van der Waals surface area contributed by atoms with Crippen molar-refractivity contribution in [3.05, 3.63) is 48.2 Å². The van der Waals surface area contributed by atoms with Gasteiger partial charge in [-0.3, -0.25) is 4.79 Å². The molecule has 1 heterocycles. The Morgan fingerprint density at radius 1 is 1.16 bits per heavy atom. The van der Waals surface area contributed by atoms with Crippen LogP contribution in [0.25, 0.3) is 0 Å². The molecule has 0 aliphatic rings. The van der Waals surface area contributed by atoms with Crippen LogP contribution in [0, 0.1) is 0 Å². The van der Waals surface area contributed by atoms with Gasteiger partial charge in [-0.15, -0.1) is 0 Å². The molecule has 0 aliphatic carbocycles. The van der Waals surface area contributed by atoms with E-state index in [4.69, 9.17) is 0 Å². The van der Waals surface area contributed by atoms with E-state index in [9.17, 15) is 26.7 Å². The van der Waals surface area contributed by atoms with Crippen LogP contribution in [-0.4, -0.2) is 30.3 Å². The first-order valence-corrected chi connectivity index (χ1v) is 6.75. The third kappa shape index (κ3) is 5.90. The van der Waals surface area contributed by atoms with Gasteiger partial charge in [0.2, 0.25) is 5.88 Å². The third-order valence-electron chi connectivity index (χ3n) is 2.73. The Morgan fingerprint density at radius 3 is 2.44 bits per heavy atom. The van der Waals surface area contributed by atoms with Gasteiger partial charge in [0.25, 0.3) is 5.91 Å². The molecule has 1 aromatic heterocycles. The smallest absolute Gasteiger partial charge is 0.422 e. The van der Waals surface area contributed by atoms with E-state index in [0.717, 1.165) is 0 Å². The highest BCUT2D eigenvalue weighted by Gasteiger charge is 2.29. The van der Waals surface area contributed by atoms with Crippen molar-refractivity contribution in [3.8, 4) is 11.6 Å². The number of nitrogens with one attached hydrogen (secondary N) is 1. The Labute approximate surface area is 138 Å². The van der Waals surface area contributed by atoms with Crippen molar-refractivity contribution in [1.29, 1.82) is 0 Å². The normalized spacial score (nSPS) is 11.3. The number of aromatic nitrogens is 1. The molecule has 0 saturated heterocycles. The lowest BCUT2D eigenvalue weighted by Crippen LogP contribution is -2.22. The molecule has 1 N–H and O–H groups in total.